The Bertz CT molecular complexity index is 1520. The fourth-order valence-electron chi connectivity index (χ4n) is 4.17. The van der Waals surface area contributed by atoms with E-state index in [0.717, 1.165) is 6.26 Å². The number of piperidine rings is 1. The molecule has 0 radical (unpaired) electrons. The molecule has 0 saturated carbocycles. The van der Waals surface area contributed by atoms with E-state index in [4.69, 9.17) is 4.74 Å². The van der Waals surface area contributed by atoms with Crippen molar-refractivity contribution in [3.63, 3.8) is 0 Å². The monoisotopic (exact) mass is 532 g/mol. The van der Waals surface area contributed by atoms with Crippen molar-refractivity contribution in [2.75, 3.05) is 24.8 Å². The van der Waals surface area contributed by atoms with Crippen LogP contribution in [-0.4, -0.2) is 48.7 Å². The Labute approximate surface area is 209 Å². The summed E-state index contributed by atoms with van der Waals surface area (Å²) in [6, 6.07) is 15.2. The number of anilines is 1. The minimum Gasteiger partial charge on any atom is -0.497 e. The number of benzene rings is 3. The Morgan fingerprint density at radius 3 is 2.44 bits per heavy atom. The highest BCUT2D eigenvalue weighted by Gasteiger charge is 2.34. The van der Waals surface area contributed by atoms with Gasteiger partial charge in [0, 0.05) is 24.4 Å². The molecule has 3 aromatic rings. The molecule has 8 nitrogen and oxygen atoms in total. The van der Waals surface area contributed by atoms with Crippen LogP contribution in [0.3, 0.4) is 0 Å². The number of nitrogens with one attached hydrogen (secondary N) is 1. The highest BCUT2D eigenvalue weighted by atomic mass is 32.2. The van der Waals surface area contributed by atoms with Crippen molar-refractivity contribution >= 4 is 31.5 Å². The van der Waals surface area contributed by atoms with Gasteiger partial charge >= 0.3 is 0 Å². The van der Waals surface area contributed by atoms with Gasteiger partial charge in [-0.05, 0) is 48.7 Å². The van der Waals surface area contributed by atoms with E-state index < -0.39 is 37.6 Å². The highest BCUT2D eigenvalue weighted by Crippen LogP contribution is 2.32. The second-order valence-corrected chi connectivity index (χ2v) is 12.1. The van der Waals surface area contributed by atoms with Crippen LogP contribution < -0.4 is 14.4 Å². The van der Waals surface area contributed by atoms with Crippen molar-refractivity contribution < 1.29 is 30.8 Å². The quantitative estimate of drug-likeness (QED) is 0.500. The van der Waals surface area contributed by atoms with Gasteiger partial charge in [0.25, 0.3) is 0 Å². The molecule has 0 spiro atoms. The highest BCUT2D eigenvalue weighted by molar-refractivity contribution is 7.91. The van der Waals surface area contributed by atoms with Crippen molar-refractivity contribution in [3.05, 3.63) is 72.5 Å². The summed E-state index contributed by atoms with van der Waals surface area (Å²) in [5.74, 6) is -0.939. The normalized spacial score (nSPS) is 16.7. The van der Waals surface area contributed by atoms with E-state index in [9.17, 15) is 21.6 Å². The number of sulfone groups is 1. The lowest BCUT2D eigenvalue weighted by Gasteiger charge is -2.32. The van der Waals surface area contributed by atoms with E-state index in [2.05, 4.69) is 4.72 Å². The lowest BCUT2D eigenvalue weighted by molar-refractivity contribution is -0.121. The fourth-order valence-corrected chi connectivity index (χ4v) is 6.34. The minimum atomic E-state index is -4.03. The molecule has 1 atom stereocenters. The van der Waals surface area contributed by atoms with Crippen LogP contribution in [0, 0.1) is 5.82 Å². The lowest BCUT2D eigenvalue weighted by Crippen LogP contribution is -2.52. The van der Waals surface area contributed by atoms with E-state index in [1.807, 2.05) is 0 Å². The van der Waals surface area contributed by atoms with Crippen LogP contribution >= 0.6 is 0 Å². The van der Waals surface area contributed by atoms with Crippen LogP contribution in [0.15, 0.2) is 76.5 Å². The van der Waals surface area contributed by atoms with Crippen molar-refractivity contribution in [1.29, 1.82) is 0 Å². The van der Waals surface area contributed by atoms with E-state index in [-0.39, 0.29) is 28.4 Å². The molecule has 1 aliphatic heterocycles. The predicted octanol–water partition coefficient (Wildman–Crippen LogP) is 3.38. The van der Waals surface area contributed by atoms with Gasteiger partial charge < -0.3 is 9.64 Å². The molecular formula is C25H25FN2O6S2. The van der Waals surface area contributed by atoms with Crippen molar-refractivity contribution in [1.82, 2.24) is 4.72 Å². The van der Waals surface area contributed by atoms with Gasteiger partial charge in [0.15, 0.2) is 9.84 Å². The van der Waals surface area contributed by atoms with Gasteiger partial charge in [-0.1, -0.05) is 30.3 Å². The topological polar surface area (TPSA) is 110 Å². The second kappa shape index (κ2) is 10.00. The molecule has 0 bridgehead atoms. The largest absolute Gasteiger partial charge is 0.497 e. The average Bonchev–Trinajstić information content (AvgIpc) is 2.85. The number of ether oxygens (including phenoxy) is 1. The summed E-state index contributed by atoms with van der Waals surface area (Å²) in [5, 5.41) is 0. The molecule has 0 aromatic heterocycles. The molecular weight excluding hydrogens is 507 g/mol. The number of amides is 1. The van der Waals surface area contributed by atoms with Crippen LogP contribution in [0.4, 0.5) is 10.1 Å². The maximum absolute atomic E-state index is 15.2. The van der Waals surface area contributed by atoms with Crippen LogP contribution in [0.1, 0.15) is 12.8 Å². The SMILES string of the molecule is COc1cccc(S(=O)(=O)NC2CCCN(c3ccc(-c4ccccc4S(C)(=O)=O)cc3F)C2=O)c1. The van der Waals surface area contributed by atoms with Gasteiger partial charge in [-0.2, -0.15) is 4.72 Å². The molecule has 1 saturated heterocycles. The first kappa shape index (κ1) is 25.8. The number of hydrogen-bond donors (Lipinski definition) is 1. The Morgan fingerprint density at radius 2 is 1.75 bits per heavy atom. The molecule has 1 fully saturated rings. The Morgan fingerprint density at radius 1 is 1.00 bits per heavy atom. The van der Waals surface area contributed by atoms with Crippen molar-refractivity contribution in [3.8, 4) is 16.9 Å². The van der Waals surface area contributed by atoms with E-state index in [0.29, 0.717) is 23.3 Å². The van der Waals surface area contributed by atoms with E-state index in [1.165, 1.54) is 48.4 Å². The Balaban J connectivity index is 1.60. The lowest BCUT2D eigenvalue weighted by atomic mass is 10.0. The molecule has 190 valence electrons. The number of hydrogen-bond acceptors (Lipinski definition) is 6. The number of methoxy groups -OCH3 is 1. The summed E-state index contributed by atoms with van der Waals surface area (Å²) in [6.07, 6.45) is 1.80. The van der Waals surface area contributed by atoms with Crippen LogP contribution in [0.5, 0.6) is 5.75 Å². The third-order valence-corrected chi connectivity index (χ3v) is 8.55. The summed E-state index contributed by atoms with van der Waals surface area (Å²) >= 11 is 0. The smallest absolute Gasteiger partial charge is 0.245 e. The van der Waals surface area contributed by atoms with Crippen molar-refractivity contribution in [2.45, 2.75) is 28.7 Å². The zero-order valence-electron chi connectivity index (χ0n) is 19.6. The van der Waals surface area contributed by atoms with E-state index in [1.54, 1.807) is 30.3 Å². The maximum Gasteiger partial charge on any atom is 0.245 e. The summed E-state index contributed by atoms with van der Waals surface area (Å²) in [5.41, 5.74) is 0.683. The van der Waals surface area contributed by atoms with Gasteiger partial charge in [-0.15, -0.1) is 0 Å². The fraction of sp³-hybridized carbons (Fsp3) is 0.240. The first-order valence-corrected chi connectivity index (χ1v) is 14.5. The van der Waals surface area contributed by atoms with Gasteiger partial charge in [0.05, 0.1) is 22.6 Å². The summed E-state index contributed by atoms with van der Waals surface area (Å²) in [4.78, 5) is 14.4. The molecule has 1 aliphatic rings. The van der Waals surface area contributed by atoms with Gasteiger partial charge in [0.2, 0.25) is 15.9 Å². The van der Waals surface area contributed by atoms with Crippen LogP contribution in [0.2, 0.25) is 0 Å². The molecule has 0 aliphatic carbocycles. The molecule has 36 heavy (non-hydrogen) atoms. The number of carbonyl (C=O) groups is 1. The maximum atomic E-state index is 15.2. The second-order valence-electron chi connectivity index (χ2n) is 8.42. The zero-order valence-corrected chi connectivity index (χ0v) is 21.3. The third kappa shape index (κ3) is 5.28. The molecule has 4 rings (SSSR count). The van der Waals surface area contributed by atoms with Crippen LogP contribution in [0.25, 0.3) is 11.1 Å². The number of halogens is 1. The predicted molar refractivity (Wildman–Crippen MR) is 134 cm³/mol. The molecule has 1 heterocycles. The third-order valence-electron chi connectivity index (χ3n) is 5.92. The average molecular weight is 533 g/mol. The first-order valence-electron chi connectivity index (χ1n) is 11.1. The first-order chi connectivity index (χ1) is 17.0. The van der Waals surface area contributed by atoms with Gasteiger partial charge in [-0.25, -0.2) is 21.2 Å². The number of carbonyl (C=O) groups excluding carboxylic acids is 1. The Hall–Kier alpha value is -3.28. The molecule has 3 aromatic carbocycles. The van der Waals surface area contributed by atoms with Gasteiger partial charge in [0.1, 0.15) is 17.6 Å². The van der Waals surface area contributed by atoms with E-state index >= 15 is 4.39 Å². The summed E-state index contributed by atoms with van der Waals surface area (Å²) in [6.45, 7) is 0.215. The molecule has 11 heteroatoms. The molecule has 1 unspecified atom stereocenters. The minimum absolute atomic E-state index is 0.00846. The summed E-state index contributed by atoms with van der Waals surface area (Å²) in [7, 11) is -6.16. The Kier molecular flexibility index (Phi) is 7.17. The number of nitrogens with zero attached hydrogens (tertiary/aromatic N) is 1. The zero-order chi connectivity index (χ0) is 26.1. The van der Waals surface area contributed by atoms with Crippen molar-refractivity contribution in [2.24, 2.45) is 0 Å². The standard InChI is InChI=1S/C25H25FN2O6S2/c1-34-18-7-5-8-19(16-18)36(32,33)27-22-10-6-14-28(25(22)29)23-13-12-17(15-21(23)26)20-9-3-4-11-24(20)35(2,30)31/h3-5,7-9,11-13,15-16,22,27H,6,10,14H2,1-2H3. The summed E-state index contributed by atoms with van der Waals surface area (Å²) < 4.78 is 72.8. The number of sulfonamides is 1. The van der Waals surface area contributed by atoms with Crippen LogP contribution in [-0.2, 0) is 24.7 Å². The molecule has 1 amide bonds. The number of rotatable bonds is 7. The molecule has 1 N–H and O–H groups in total. The van der Waals surface area contributed by atoms with Gasteiger partial charge in [-0.3, -0.25) is 4.79 Å².